The Balaban J connectivity index is 1.66. The predicted molar refractivity (Wildman–Crippen MR) is 129 cm³/mol. The van der Waals surface area contributed by atoms with E-state index in [0.717, 1.165) is 32.0 Å². The van der Waals surface area contributed by atoms with E-state index in [-0.39, 0.29) is 10.8 Å². The quantitative estimate of drug-likeness (QED) is 0.482. The monoisotopic (exact) mass is 491 g/mol. The molecule has 0 spiro atoms. The molecule has 3 N–H and O–H groups in total. The van der Waals surface area contributed by atoms with Crippen molar-refractivity contribution in [2.45, 2.75) is 13.0 Å². The van der Waals surface area contributed by atoms with Gasteiger partial charge in [0, 0.05) is 48.5 Å². The Kier molecular flexibility index (Phi) is 7.07. The van der Waals surface area contributed by atoms with Gasteiger partial charge < -0.3 is 25.4 Å². The summed E-state index contributed by atoms with van der Waals surface area (Å²) < 4.78 is 25.5. The van der Waals surface area contributed by atoms with Gasteiger partial charge in [-0.25, -0.2) is 14.4 Å². The Morgan fingerprint density at radius 2 is 1.91 bits per heavy atom. The van der Waals surface area contributed by atoms with Crippen LogP contribution in [0.4, 0.5) is 16.0 Å². The topological polar surface area (TPSA) is 85.5 Å². The molecule has 3 heterocycles. The van der Waals surface area contributed by atoms with Crippen LogP contribution in [0.2, 0.25) is 10.0 Å². The third-order valence-electron chi connectivity index (χ3n) is 5.44. The lowest BCUT2D eigenvalue weighted by molar-refractivity contribution is 0.227. The van der Waals surface area contributed by atoms with E-state index in [9.17, 15) is 4.39 Å². The predicted octanol–water partition coefficient (Wildman–Crippen LogP) is 4.73. The summed E-state index contributed by atoms with van der Waals surface area (Å²) in [7, 11) is 1.63. The van der Waals surface area contributed by atoms with Gasteiger partial charge in [-0.2, -0.15) is 0 Å². The van der Waals surface area contributed by atoms with E-state index in [1.54, 1.807) is 26.3 Å². The fourth-order valence-corrected chi connectivity index (χ4v) is 4.39. The van der Waals surface area contributed by atoms with Crippen molar-refractivity contribution in [2.24, 2.45) is 0 Å². The Morgan fingerprint density at radius 3 is 2.64 bits per heavy atom. The number of nitrogens with two attached hydrogens (primary N) is 1. The van der Waals surface area contributed by atoms with E-state index >= 15 is 0 Å². The Hall–Kier alpha value is -2.81. The lowest BCUT2D eigenvalue weighted by atomic mass is 10.1. The minimum Gasteiger partial charge on any atom is -0.493 e. The first-order valence-electron chi connectivity index (χ1n) is 10.5. The van der Waals surface area contributed by atoms with Gasteiger partial charge in [0.05, 0.1) is 17.8 Å². The van der Waals surface area contributed by atoms with E-state index < -0.39 is 11.9 Å². The number of methoxy groups -OCH3 is 1. The van der Waals surface area contributed by atoms with Crippen LogP contribution in [0, 0.1) is 5.82 Å². The van der Waals surface area contributed by atoms with Crippen LogP contribution >= 0.6 is 23.2 Å². The highest BCUT2D eigenvalue weighted by Crippen LogP contribution is 2.37. The number of nitrogens with zero attached hydrogens (tertiary/aromatic N) is 3. The number of nitrogens with one attached hydrogen (secondary N) is 1. The highest BCUT2D eigenvalue weighted by atomic mass is 35.5. The second-order valence-electron chi connectivity index (χ2n) is 7.58. The SMILES string of the molecule is COc1ccc(-c2cnc(N)c(O[C@H](C)c3c(Cl)ccc(F)c3Cl)c2)nc1N1CCNCC1. The minimum absolute atomic E-state index is 0.0878. The molecule has 174 valence electrons. The number of benzene rings is 1. The first-order valence-corrected chi connectivity index (χ1v) is 11.2. The van der Waals surface area contributed by atoms with Gasteiger partial charge in [0.1, 0.15) is 11.9 Å². The van der Waals surface area contributed by atoms with Crippen LogP contribution in [0.1, 0.15) is 18.6 Å². The molecular formula is C23H24Cl2FN5O2. The minimum atomic E-state index is -0.666. The number of anilines is 2. The standard InChI is InChI=1S/C23H24Cl2FN5O2/c1-13(20-15(24)3-4-16(26)21(20)25)33-19-11-14(12-29-22(19)27)17-5-6-18(32-2)23(30-17)31-9-7-28-8-10-31/h3-6,11-13,28H,7-10H2,1-2H3,(H2,27,29)/t13-/m1/s1. The molecule has 1 aliphatic heterocycles. The van der Waals surface area contributed by atoms with Gasteiger partial charge in [0.15, 0.2) is 23.1 Å². The van der Waals surface area contributed by atoms with E-state index in [1.807, 2.05) is 12.1 Å². The van der Waals surface area contributed by atoms with E-state index in [0.29, 0.717) is 33.3 Å². The van der Waals surface area contributed by atoms with Gasteiger partial charge in [-0.15, -0.1) is 0 Å². The maximum atomic E-state index is 14.0. The highest BCUT2D eigenvalue weighted by molar-refractivity contribution is 6.36. The number of piperazine rings is 1. The van der Waals surface area contributed by atoms with Gasteiger partial charge in [0.2, 0.25) is 0 Å². The molecule has 1 atom stereocenters. The number of pyridine rings is 2. The zero-order valence-corrected chi connectivity index (χ0v) is 19.8. The van der Waals surface area contributed by atoms with Crippen molar-refractivity contribution in [2.75, 3.05) is 43.9 Å². The largest absolute Gasteiger partial charge is 0.493 e. The van der Waals surface area contributed by atoms with E-state index in [1.165, 1.54) is 12.1 Å². The van der Waals surface area contributed by atoms with Crippen molar-refractivity contribution in [3.05, 3.63) is 58.0 Å². The molecule has 0 saturated carbocycles. The molecule has 1 saturated heterocycles. The number of hydrogen-bond donors (Lipinski definition) is 2. The van der Waals surface area contributed by atoms with Crippen LogP contribution in [0.15, 0.2) is 36.5 Å². The molecule has 7 nitrogen and oxygen atoms in total. The van der Waals surface area contributed by atoms with Crippen LogP contribution in [0.25, 0.3) is 11.3 Å². The lowest BCUT2D eigenvalue weighted by Gasteiger charge is -2.29. The second-order valence-corrected chi connectivity index (χ2v) is 8.37. The lowest BCUT2D eigenvalue weighted by Crippen LogP contribution is -2.44. The van der Waals surface area contributed by atoms with Gasteiger partial charge >= 0.3 is 0 Å². The molecule has 2 aromatic heterocycles. The van der Waals surface area contributed by atoms with Gasteiger partial charge in [-0.3, -0.25) is 0 Å². The molecule has 1 aliphatic rings. The maximum absolute atomic E-state index is 14.0. The van der Waals surface area contributed by atoms with Crippen molar-refractivity contribution < 1.29 is 13.9 Å². The number of halogens is 3. The average molecular weight is 492 g/mol. The van der Waals surface area contributed by atoms with Crippen LogP contribution in [0.3, 0.4) is 0 Å². The molecule has 10 heteroatoms. The van der Waals surface area contributed by atoms with Gasteiger partial charge in [0.25, 0.3) is 0 Å². The summed E-state index contributed by atoms with van der Waals surface area (Å²) in [6.07, 6.45) is 0.964. The average Bonchev–Trinajstić information content (AvgIpc) is 2.83. The summed E-state index contributed by atoms with van der Waals surface area (Å²) in [6, 6.07) is 8.13. The van der Waals surface area contributed by atoms with Crippen molar-refractivity contribution in [1.29, 1.82) is 0 Å². The van der Waals surface area contributed by atoms with E-state index in [2.05, 4.69) is 15.2 Å². The third kappa shape index (κ3) is 4.93. The molecule has 1 fully saturated rings. The number of hydrogen-bond acceptors (Lipinski definition) is 7. The molecule has 0 bridgehead atoms. The second kappa shape index (κ2) is 9.99. The van der Waals surface area contributed by atoms with Crippen LogP contribution < -0.4 is 25.4 Å². The molecule has 33 heavy (non-hydrogen) atoms. The number of ether oxygens (including phenoxy) is 2. The van der Waals surface area contributed by atoms with Crippen LogP contribution in [0.5, 0.6) is 11.5 Å². The normalized spacial score (nSPS) is 14.8. The van der Waals surface area contributed by atoms with Crippen LogP contribution in [-0.4, -0.2) is 43.3 Å². The number of nitrogen functional groups attached to an aromatic ring is 1. The highest BCUT2D eigenvalue weighted by Gasteiger charge is 2.21. The van der Waals surface area contributed by atoms with Gasteiger partial charge in [-0.1, -0.05) is 23.2 Å². The first kappa shape index (κ1) is 23.4. The smallest absolute Gasteiger partial charge is 0.172 e. The molecule has 0 radical (unpaired) electrons. The molecule has 4 rings (SSSR count). The Morgan fingerprint density at radius 1 is 1.15 bits per heavy atom. The zero-order valence-electron chi connectivity index (χ0n) is 18.2. The summed E-state index contributed by atoms with van der Waals surface area (Å²) in [5, 5.41) is 3.54. The zero-order chi connectivity index (χ0) is 23.5. The molecular weight excluding hydrogens is 468 g/mol. The van der Waals surface area contributed by atoms with Gasteiger partial charge in [-0.05, 0) is 37.3 Å². The fraction of sp³-hybridized carbons (Fsp3) is 0.304. The van der Waals surface area contributed by atoms with Crippen molar-refractivity contribution in [3.8, 4) is 22.8 Å². The Bertz CT molecular complexity index is 1160. The molecule has 0 aliphatic carbocycles. The summed E-state index contributed by atoms with van der Waals surface area (Å²) in [6.45, 7) is 5.12. The number of aromatic nitrogens is 2. The maximum Gasteiger partial charge on any atom is 0.172 e. The summed E-state index contributed by atoms with van der Waals surface area (Å²) in [5.74, 6) is 1.39. The molecule has 3 aromatic rings. The van der Waals surface area contributed by atoms with Crippen molar-refractivity contribution in [3.63, 3.8) is 0 Å². The number of rotatable bonds is 6. The van der Waals surface area contributed by atoms with Crippen LogP contribution in [-0.2, 0) is 0 Å². The van der Waals surface area contributed by atoms with Crippen molar-refractivity contribution >= 4 is 34.8 Å². The summed E-state index contributed by atoms with van der Waals surface area (Å²) >= 11 is 12.4. The molecule has 0 unspecified atom stereocenters. The van der Waals surface area contributed by atoms with E-state index in [4.69, 9.17) is 43.4 Å². The summed E-state index contributed by atoms with van der Waals surface area (Å²) in [4.78, 5) is 11.3. The third-order valence-corrected chi connectivity index (χ3v) is 6.16. The first-order chi connectivity index (χ1) is 15.9. The van der Waals surface area contributed by atoms with Crippen molar-refractivity contribution in [1.82, 2.24) is 15.3 Å². The Labute approximate surface area is 201 Å². The molecule has 0 amide bonds. The molecule has 1 aromatic carbocycles. The summed E-state index contributed by atoms with van der Waals surface area (Å²) in [5.41, 5.74) is 7.80. The fourth-order valence-electron chi connectivity index (χ4n) is 3.71.